The number of nitrogens with two attached hydrogens (primary N) is 1. The highest BCUT2D eigenvalue weighted by atomic mass is 32.2. The van der Waals surface area contributed by atoms with E-state index in [0.29, 0.717) is 5.75 Å². The maximum Gasteiger partial charge on any atom is 0.185 e. The van der Waals surface area contributed by atoms with Gasteiger partial charge in [-0.2, -0.15) is 0 Å². The number of rotatable bonds is 4. The van der Waals surface area contributed by atoms with Crippen LogP contribution in [0.2, 0.25) is 0 Å². The minimum atomic E-state index is 0.0614. The van der Waals surface area contributed by atoms with E-state index in [1.54, 1.807) is 6.92 Å². The summed E-state index contributed by atoms with van der Waals surface area (Å²) in [5.74, 6) is 0.699. The van der Waals surface area contributed by atoms with Gasteiger partial charge in [-0.15, -0.1) is 0 Å². The standard InChI is InChI=1S/C11H15NOS/c1-9(13)14-8-11(12)7-10-5-3-2-4-6-10/h2-6,11H,7-8,12H2,1H3/t11-/m1/s1. The van der Waals surface area contributed by atoms with Gasteiger partial charge in [0.15, 0.2) is 5.12 Å². The van der Waals surface area contributed by atoms with Crippen molar-refractivity contribution < 1.29 is 4.79 Å². The first kappa shape index (κ1) is 11.3. The molecule has 0 amide bonds. The summed E-state index contributed by atoms with van der Waals surface area (Å²) in [7, 11) is 0. The smallest absolute Gasteiger partial charge is 0.185 e. The molecule has 0 fully saturated rings. The third-order valence-electron chi connectivity index (χ3n) is 1.84. The van der Waals surface area contributed by atoms with E-state index in [1.165, 1.54) is 17.3 Å². The topological polar surface area (TPSA) is 43.1 Å². The van der Waals surface area contributed by atoms with Crippen LogP contribution >= 0.6 is 11.8 Å². The Kier molecular flexibility index (Phi) is 4.70. The fraction of sp³-hybridized carbons (Fsp3) is 0.364. The maximum atomic E-state index is 10.7. The zero-order valence-electron chi connectivity index (χ0n) is 8.27. The number of carbonyl (C=O) groups is 1. The molecule has 0 aromatic heterocycles. The Balaban J connectivity index is 2.34. The first-order chi connectivity index (χ1) is 6.68. The SMILES string of the molecule is CC(=O)SC[C@H](N)Cc1ccccc1. The van der Waals surface area contributed by atoms with E-state index in [-0.39, 0.29) is 11.2 Å². The van der Waals surface area contributed by atoms with Crippen molar-refractivity contribution in [2.75, 3.05) is 5.75 Å². The molecule has 76 valence electrons. The van der Waals surface area contributed by atoms with Gasteiger partial charge in [0.2, 0.25) is 0 Å². The predicted molar refractivity (Wildman–Crippen MR) is 61.3 cm³/mol. The van der Waals surface area contributed by atoms with E-state index in [2.05, 4.69) is 12.1 Å². The average Bonchev–Trinajstić information content (AvgIpc) is 2.16. The summed E-state index contributed by atoms with van der Waals surface area (Å²) in [6.07, 6.45) is 0.834. The van der Waals surface area contributed by atoms with Crippen LogP contribution in [0.5, 0.6) is 0 Å². The van der Waals surface area contributed by atoms with E-state index in [0.717, 1.165) is 6.42 Å². The lowest BCUT2D eigenvalue weighted by molar-refractivity contribution is -0.109. The Morgan fingerprint density at radius 3 is 2.64 bits per heavy atom. The molecule has 0 aliphatic rings. The van der Waals surface area contributed by atoms with Crippen molar-refractivity contribution in [2.24, 2.45) is 5.73 Å². The van der Waals surface area contributed by atoms with Gasteiger partial charge in [-0.25, -0.2) is 0 Å². The molecular weight excluding hydrogens is 194 g/mol. The highest BCUT2D eigenvalue weighted by molar-refractivity contribution is 8.13. The summed E-state index contributed by atoms with van der Waals surface area (Å²) in [4.78, 5) is 10.7. The van der Waals surface area contributed by atoms with Crippen LogP contribution in [0.25, 0.3) is 0 Å². The Labute approximate surface area is 88.9 Å². The van der Waals surface area contributed by atoms with Crippen LogP contribution in [0, 0.1) is 0 Å². The number of carbonyl (C=O) groups excluding carboxylic acids is 1. The van der Waals surface area contributed by atoms with Gasteiger partial charge < -0.3 is 5.73 Å². The summed E-state index contributed by atoms with van der Waals surface area (Å²) >= 11 is 1.29. The largest absolute Gasteiger partial charge is 0.327 e. The van der Waals surface area contributed by atoms with Crippen molar-refractivity contribution in [3.8, 4) is 0 Å². The van der Waals surface area contributed by atoms with E-state index >= 15 is 0 Å². The number of hydrogen-bond donors (Lipinski definition) is 1. The predicted octanol–water partition coefficient (Wildman–Crippen LogP) is 1.84. The molecule has 0 saturated heterocycles. The highest BCUT2D eigenvalue weighted by Gasteiger charge is 2.05. The van der Waals surface area contributed by atoms with Gasteiger partial charge in [0, 0.05) is 18.7 Å². The first-order valence-electron chi connectivity index (χ1n) is 4.61. The third kappa shape index (κ3) is 4.44. The summed E-state index contributed by atoms with van der Waals surface area (Å²) in [5.41, 5.74) is 7.11. The Bertz CT molecular complexity index is 287. The van der Waals surface area contributed by atoms with Crippen molar-refractivity contribution in [1.29, 1.82) is 0 Å². The van der Waals surface area contributed by atoms with Crippen LogP contribution < -0.4 is 5.73 Å². The second-order valence-corrected chi connectivity index (χ2v) is 4.45. The molecule has 0 bridgehead atoms. The molecule has 0 heterocycles. The molecule has 1 aromatic rings. The van der Waals surface area contributed by atoms with Crippen molar-refractivity contribution in [3.63, 3.8) is 0 Å². The van der Waals surface area contributed by atoms with Gasteiger partial charge in [-0.3, -0.25) is 4.79 Å². The van der Waals surface area contributed by atoms with Crippen molar-refractivity contribution >= 4 is 16.9 Å². The third-order valence-corrected chi connectivity index (χ3v) is 2.84. The van der Waals surface area contributed by atoms with Crippen LogP contribution in [-0.4, -0.2) is 16.9 Å². The van der Waals surface area contributed by atoms with Gasteiger partial charge in [-0.05, 0) is 12.0 Å². The number of benzene rings is 1. The molecule has 0 aliphatic heterocycles. The molecular formula is C11H15NOS. The van der Waals surface area contributed by atoms with Gasteiger partial charge in [0.25, 0.3) is 0 Å². The second kappa shape index (κ2) is 5.83. The van der Waals surface area contributed by atoms with Crippen LogP contribution in [0.4, 0.5) is 0 Å². The minimum Gasteiger partial charge on any atom is -0.327 e. The van der Waals surface area contributed by atoms with E-state index in [9.17, 15) is 4.79 Å². The van der Waals surface area contributed by atoms with Crippen LogP contribution in [0.3, 0.4) is 0 Å². The van der Waals surface area contributed by atoms with E-state index in [4.69, 9.17) is 5.73 Å². The second-order valence-electron chi connectivity index (χ2n) is 3.25. The summed E-state index contributed by atoms with van der Waals surface area (Å²) in [6.45, 7) is 1.57. The molecule has 3 heteroatoms. The molecule has 14 heavy (non-hydrogen) atoms. The monoisotopic (exact) mass is 209 g/mol. The zero-order valence-corrected chi connectivity index (χ0v) is 9.09. The Morgan fingerprint density at radius 2 is 2.07 bits per heavy atom. The Hall–Kier alpha value is -0.800. The van der Waals surface area contributed by atoms with Gasteiger partial charge in [-0.1, -0.05) is 42.1 Å². The lowest BCUT2D eigenvalue weighted by Crippen LogP contribution is -2.26. The van der Waals surface area contributed by atoms with Crippen LogP contribution in [0.15, 0.2) is 30.3 Å². The molecule has 1 atom stereocenters. The van der Waals surface area contributed by atoms with Crippen molar-refractivity contribution in [2.45, 2.75) is 19.4 Å². The summed E-state index contributed by atoms with van der Waals surface area (Å²) < 4.78 is 0. The lowest BCUT2D eigenvalue weighted by atomic mass is 10.1. The van der Waals surface area contributed by atoms with E-state index in [1.807, 2.05) is 18.2 Å². The molecule has 0 unspecified atom stereocenters. The quantitative estimate of drug-likeness (QED) is 0.822. The van der Waals surface area contributed by atoms with Crippen LogP contribution in [0.1, 0.15) is 12.5 Å². The first-order valence-corrected chi connectivity index (χ1v) is 5.60. The van der Waals surface area contributed by atoms with Gasteiger partial charge in [0.1, 0.15) is 0 Å². The average molecular weight is 209 g/mol. The van der Waals surface area contributed by atoms with Crippen LogP contribution in [-0.2, 0) is 11.2 Å². The molecule has 0 radical (unpaired) electrons. The van der Waals surface area contributed by atoms with Crippen molar-refractivity contribution in [1.82, 2.24) is 0 Å². The molecule has 2 nitrogen and oxygen atoms in total. The maximum absolute atomic E-state index is 10.7. The fourth-order valence-electron chi connectivity index (χ4n) is 1.20. The van der Waals surface area contributed by atoms with E-state index < -0.39 is 0 Å². The molecule has 0 aliphatic carbocycles. The fourth-order valence-corrected chi connectivity index (χ4v) is 1.77. The number of thioether (sulfide) groups is 1. The molecule has 1 rings (SSSR count). The minimum absolute atomic E-state index is 0.0614. The number of hydrogen-bond acceptors (Lipinski definition) is 3. The normalized spacial score (nSPS) is 12.4. The zero-order chi connectivity index (χ0) is 10.4. The van der Waals surface area contributed by atoms with Gasteiger partial charge in [0.05, 0.1) is 0 Å². The lowest BCUT2D eigenvalue weighted by Gasteiger charge is -2.09. The molecule has 0 spiro atoms. The highest BCUT2D eigenvalue weighted by Crippen LogP contribution is 2.07. The molecule has 0 saturated carbocycles. The Morgan fingerprint density at radius 1 is 1.43 bits per heavy atom. The summed E-state index contributed by atoms with van der Waals surface area (Å²) in [6, 6.07) is 10.2. The summed E-state index contributed by atoms with van der Waals surface area (Å²) in [5, 5.41) is 0.133. The molecule has 1 aromatic carbocycles. The molecule has 2 N–H and O–H groups in total. The van der Waals surface area contributed by atoms with Gasteiger partial charge >= 0.3 is 0 Å². The van der Waals surface area contributed by atoms with Crippen molar-refractivity contribution in [3.05, 3.63) is 35.9 Å².